The van der Waals surface area contributed by atoms with Crippen LogP contribution in [0.3, 0.4) is 0 Å². The van der Waals surface area contributed by atoms with Crippen molar-refractivity contribution >= 4 is 27.6 Å². The summed E-state index contributed by atoms with van der Waals surface area (Å²) in [6.07, 6.45) is 1.71. The number of para-hydroxylation sites is 1. The summed E-state index contributed by atoms with van der Waals surface area (Å²) in [5.41, 5.74) is 0.777. The van der Waals surface area contributed by atoms with Gasteiger partial charge in [-0.25, -0.2) is 0 Å². The number of hydrogen-bond donors (Lipinski definition) is 1. The van der Waals surface area contributed by atoms with Gasteiger partial charge in [0, 0.05) is 10.2 Å². The largest absolute Gasteiger partial charge is 0.425 e. The van der Waals surface area contributed by atoms with Crippen LogP contribution in [0.5, 0.6) is 5.75 Å². The zero-order valence-corrected chi connectivity index (χ0v) is 11.5. The first-order chi connectivity index (χ1) is 9.28. The third-order valence-electron chi connectivity index (χ3n) is 2.19. The molecule has 0 unspecified atom stereocenters. The highest BCUT2D eigenvalue weighted by Gasteiger charge is 2.03. The van der Waals surface area contributed by atoms with Crippen LogP contribution in [-0.4, -0.2) is 6.02 Å². The Morgan fingerprint density at radius 1 is 1.16 bits per heavy atom. The minimum Gasteiger partial charge on any atom is -0.425 e. The summed E-state index contributed by atoms with van der Waals surface area (Å²) in [6.45, 7) is 0. The van der Waals surface area contributed by atoms with Crippen molar-refractivity contribution in [3.05, 3.63) is 59.1 Å². The van der Waals surface area contributed by atoms with Crippen molar-refractivity contribution in [2.75, 3.05) is 5.32 Å². The Kier molecular flexibility index (Phi) is 4.54. The van der Waals surface area contributed by atoms with Crippen LogP contribution in [0.4, 0.5) is 5.69 Å². The number of nitriles is 1. The molecule has 0 saturated carbocycles. The molecule has 94 valence electrons. The van der Waals surface area contributed by atoms with Crippen molar-refractivity contribution in [3.8, 4) is 11.9 Å². The Bertz CT molecular complexity index is 620. The molecule has 0 heterocycles. The molecular formula is C14H10BrN3O. The SMILES string of the molecule is N#CN=C(Nc1cccc(Br)c1)Oc1ccccc1. The zero-order valence-electron chi connectivity index (χ0n) is 9.88. The lowest BCUT2D eigenvalue weighted by molar-refractivity contribution is 0.549. The minimum atomic E-state index is 0.131. The van der Waals surface area contributed by atoms with E-state index in [1.807, 2.05) is 42.5 Å². The van der Waals surface area contributed by atoms with Gasteiger partial charge in [-0.15, -0.1) is 4.99 Å². The van der Waals surface area contributed by atoms with Crippen molar-refractivity contribution in [3.63, 3.8) is 0 Å². The van der Waals surface area contributed by atoms with Crippen LogP contribution in [0.1, 0.15) is 0 Å². The van der Waals surface area contributed by atoms with E-state index < -0.39 is 0 Å². The van der Waals surface area contributed by atoms with E-state index in [-0.39, 0.29) is 6.02 Å². The Hall–Kier alpha value is -2.32. The van der Waals surface area contributed by atoms with Gasteiger partial charge in [-0.1, -0.05) is 40.2 Å². The summed E-state index contributed by atoms with van der Waals surface area (Å²) in [5, 5.41) is 11.6. The number of benzene rings is 2. The minimum absolute atomic E-state index is 0.131. The molecule has 19 heavy (non-hydrogen) atoms. The monoisotopic (exact) mass is 315 g/mol. The number of rotatable bonds is 2. The second kappa shape index (κ2) is 6.57. The predicted octanol–water partition coefficient (Wildman–Crippen LogP) is 3.78. The second-order valence-electron chi connectivity index (χ2n) is 3.57. The molecule has 0 saturated heterocycles. The Labute approximate surface area is 119 Å². The van der Waals surface area contributed by atoms with Crippen LogP contribution >= 0.6 is 15.9 Å². The number of aliphatic imine (C=N–C) groups is 1. The maximum absolute atomic E-state index is 8.68. The highest BCUT2D eigenvalue weighted by Crippen LogP contribution is 2.16. The second-order valence-corrected chi connectivity index (χ2v) is 4.48. The van der Waals surface area contributed by atoms with E-state index in [0.29, 0.717) is 5.75 Å². The van der Waals surface area contributed by atoms with E-state index in [1.54, 1.807) is 18.3 Å². The van der Waals surface area contributed by atoms with Crippen molar-refractivity contribution in [1.82, 2.24) is 0 Å². The van der Waals surface area contributed by atoms with Crippen LogP contribution in [-0.2, 0) is 0 Å². The number of nitrogens with one attached hydrogen (secondary N) is 1. The van der Waals surface area contributed by atoms with E-state index in [0.717, 1.165) is 10.2 Å². The number of halogens is 1. The molecule has 0 spiro atoms. The molecule has 0 radical (unpaired) electrons. The average Bonchev–Trinajstić information content (AvgIpc) is 2.40. The van der Waals surface area contributed by atoms with Gasteiger partial charge in [0.25, 0.3) is 0 Å². The molecule has 0 atom stereocenters. The molecule has 5 heteroatoms. The van der Waals surface area contributed by atoms with Crippen LogP contribution in [0.15, 0.2) is 64.1 Å². The first-order valence-corrected chi connectivity index (χ1v) is 6.29. The lowest BCUT2D eigenvalue weighted by Crippen LogP contribution is -2.19. The van der Waals surface area contributed by atoms with E-state index in [4.69, 9.17) is 10.00 Å². The van der Waals surface area contributed by atoms with Gasteiger partial charge in [-0.2, -0.15) is 5.26 Å². The van der Waals surface area contributed by atoms with E-state index in [1.165, 1.54) is 0 Å². The molecule has 0 aromatic heterocycles. The molecule has 0 aliphatic heterocycles. The first kappa shape index (κ1) is 13.1. The number of ether oxygens (including phenoxy) is 1. The number of anilines is 1. The molecule has 0 fully saturated rings. The van der Waals surface area contributed by atoms with Crippen molar-refractivity contribution in [1.29, 1.82) is 5.26 Å². The van der Waals surface area contributed by atoms with Crippen LogP contribution in [0.2, 0.25) is 0 Å². The quantitative estimate of drug-likeness (QED) is 0.521. The Morgan fingerprint density at radius 2 is 1.95 bits per heavy atom. The van der Waals surface area contributed by atoms with Gasteiger partial charge in [0.05, 0.1) is 0 Å². The van der Waals surface area contributed by atoms with Gasteiger partial charge < -0.3 is 10.1 Å². The van der Waals surface area contributed by atoms with E-state index in [2.05, 4.69) is 26.2 Å². The first-order valence-electron chi connectivity index (χ1n) is 5.50. The summed E-state index contributed by atoms with van der Waals surface area (Å²) < 4.78 is 6.42. The number of amidine groups is 1. The number of nitrogens with zero attached hydrogens (tertiary/aromatic N) is 2. The van der Waals surface area contributed by atoms with Crippen molar-refractivity contribution < 1.29 is 4.74 Å². The lowest BCUT2D eigenvalue weighted by Gasteiger charge is -2.09. The highest BCUT2D eigenvalue weighted by atomic mass is 79.9. The fraction of sp³-hybridized carbons (Fsp3) is 0. The van der Waals surface area contributed by atoms with Gasteiger partial charge in [-0.3, -0.25) is 0 Å². The lowest BCUT2D eigenvalue weighted by atomic mass is 10.3. The smallest absolute Gasteiger partial charge is 0.310 e. The summed E-state index contributed by atoms with van der Waals surface area (Å²) in [7, 11) is 0. The van der Waals surface area contributed by atoms with Crippen molar-refractivity contribution in [2.24, 2.45) is 4.99 Å². The topological polar surface area (TPSA) is 57.4 Å². The summed E-state index contributed by atoms with van der Waals surface area (Å²) in [4.78, 5) is 3.62. The summed E-state index contributed by atoms with van der Waals surface area (Å²) in [5.74, 6) is 0.610. The van der Waals surface area contributed by atoms with Crippen LogP contribution < -0.4 is 10.1 Å². The van der Waals surface area contributed by atoms with Crippen LogP contribution in [0, 0.1) is 11.5 Å². The molecular weight excluding hydrogens is 306 g/mol. The van der Waals surface area contributed by atoms with Crippen molar-refractivity contribution in [2.45, 2.75) is 0 Å². The predicted molar refractivity (Wildman–Crippen MR) is 77.9 cm³/mol. The van der Waals surface area contributed by atoms with Gasteiger partial charge in [0.15, 0.2) is 0 Å². The molecule has 2 aromatic carbocycles. The van der Waals surface area contributed by atoms with Gasteiger partial charge >= 0.3 is 6.02 Å². The molecule has 0 aliphatic carbocycles. The van der Waals surface area contributed by atoms with E-state index in [9.17, 15) is 0 Å². The normalized spacial score (nSPS) is 10.6. The molecule has 0 bridgehead atoms. The molecule has 4 nitrogen and oxygen atoms in total. The molecule has 1 N–H and O–H groups in total. The van der Waals surface area contributed by atoms with Gasteiger partial charge in [0.1, 0.15) is 5.75 Å². The Morgan fingerprint density at radius 3 is 2.63 bits per heavy atom. The van der Waals surface area contributed by atoms with Crippen LogP contribution in [0.25, 0.3) is 0 Å². The fourth-order valence-electron chi connectivity index (χ4n) is 1.41. The summed E-state index contributed by atoms with van der Waals surface area (Å²) >= 11 is 3.37. The molecule has 2 aromatic rings. The van der Waals surface area contributed by atoms with E-state index >= 15 is 0 Å². The van der Waals surface area contributed by atoms with Gasteiger partial charge in [-0.05, 0) is 30.3 Å². The third-order valence-corrected chi connectivity index (χ3v) is 2.68. The number of hydrogen-bond acceptors (Lipinski definition) is 3. The molecule has 0 aliphatic rings. The Balaban J connectivity index is 2.14. The fourth-order valence-corrected chi connectivity index (χ4v) is 1.81. The molecule has 0 amide bonds. The zero-order chi connectivity index (χ0) is 13.5. The maximum atomic E-state index is 8.68. The summed E-state index contributed by atoms with van der Waals surface area (Å²) in [6, 6.07) is 16.8. The third kappa shape index (κ3) is 4.12. The van der Waals surface area contributed by atoms with Gasteiger partial charge in [0.2, 0.25) is 6.19 Å². The average molecular weight is 316 g/mol. The molecule has 2 rings (SSSR count). The standard InChI is InChI=1S/C14H10BrN3O/c15-11-5-4-6-12(9-11)18-14(17-10-16)19-13-7-2-1-3-8-13/h1-9H,(H,17,18). The highest BCUT2D eigenvalue weighted by molar-refractivity contribution is 9.10. The maximum Gasteiger partial charge on any atom is 0.310 e.